The molecular formula is C23H31FO6. The van der Waals surface area contributed by atoms with E-state index in [0.29, 0.717) is 31.1 Å². The molecule has 166 valence electrons. The summed E-state index contributed by atoms with van der Waals surface area (Å²) in [6.07, 6.45) is 6.28. The summed E-state index contributed by atoms with van der Waals surface area (Å²) in [6.45, 7) is 0.652. The van der Waals surface area contributed by atoms with E-state index in [-0.39, 0.29) is 36.8 Å². The second-order valence-corrected chi connectivity index (χ2v) is 8.36. The van der Waals surface area contributed by atoms with Gasteiger partial charge in [-0.15, -0.1) is 0 Å². The lowest BCUT2D eigenvalue weighted by Crippen LogP contribution is -2.22. The number of hydrogen-bond acceptors (Lipinski definition) is 5. The van der Waals surface area contributed by atoms with E-state index < -0.39 is 18.2 Å². The number of aliphatic carboxylic acids is 1. The highest BCUT2D eigenvalue weighted by atomic mass is 19.1. The average molecular weight is 422 g/mol. The van der Waals surface area contributed by atoms with Crippen LogP contribution in [-0.4, -0.2) is 52.8 Å². The fraction of sp³-hybridized carbons (Fsp3) is 0.609. The number of aliphatic hydroxyl groups excluding tert-OH is 2. The second kappa shape index (κ2) is 10.9. The van der Waals surface area contributed by atoms with Crippen molar-refractivity contribution in [2.75, 3.05) is 13.2 Å². The minimum atomic E-state index is -0.836. The zero-order chi connectivity index (χ0) is 21.5. The second-order valence-electron chi connectivity index (χ2n) is 8.36. The lowest BCUT2D eigenvalue weighted by molar-refractivity contribution is -0.137. The van der Waals surface area contributed by atoms with Crippen molar-refractivity contribution in [3.05, 3.63) is 42.2 Å². The summed E-state index contributed by atoms with van der Waals surface area (Å²) >= 11 is 0. The molecule has 1 saturated carbocycles. The molecule has 0 aromatic heterocycles. The quantitative estimate of drug-likeness (QED) is 0.529. The highest BCUT2D eigenvalue weighted by Crippen LogP contribution is 2.42. The lowest BCUT2D eigenvalue weighted by Gasteiger charge is -2.21. The molecule has 2 aliphatic rings. The van der Waals surface area contributed by atoms with Crippen molar-refractivity contribution in [2.24, 2.45) is 17.8 Å². The number of hydrogen-bond donors (Lipinski definition) is 3. The molecule has 6 atom stereocenters. The lowest BCUT2D eigenvalue weighted by atomic mass is 9.86. The Morgan fingerprint density at radius 2 is 2.07 bits per heavy atom. The highest BCUT2D eigenvalue weighted by Gasteiger charge is 2.43. The molecule has 1 saturated heterocycles. The molecule has 2 fully saturated rings. The molecule has 3 rings (SSSR count). The first-order chi connectivity index (χ1) is 14.4. The monoisotopic (exact) mass is 422 g/mol. The molecule has 1 aliphatic heterocycles. The van der Waals surface area contributed by atoms with E-state index >= 15 is 0 Å². The summed E-state index contributed by atoms with van der Waals surface area (Å²) in [5.41, 5.74) is 0. The average Bonchev–Trinajstić information content (AvgIpc) is 2.87. The number of rotatable bonds is 9. The van der Waals surface area contributed by atoms with Gasteiger partial charge in [0.2, 0.25) is 0 Å². The van der Waals surface area contributed by atoms with Crippen molar-refractivity contribution in [2.45, 2.75) is 56.8 Å². The van der Waals surface area contributed by atoms with Gasteiger partial charge in [-0.2, -0.15) is 0 Å². The van der Waals surface area contributed by atoms with E-state index in [1.54, 1.807) is 6.08 Å². The van der Waals surface area contributed by atoms with E-state index in [1.807, 2.05) is 6.08 Å². The number of halogens is 1. The molecule has 0 bridgehead atoms. The van der Waals surface area contributed by atoms with E-state index in [4.69, 9.17) is 14.6 Å². The minimum absolute atomic E-state index is 0.00766. The number of fused-ring (bicyclic) bond motifs is 1. The molecule has 6 nitrogen and oxygen atoms in total. The van der Waals surface area contributed by atoms with Crippen molar-refractivity contribution in [3.8, 4) is 5.75 Å². The maximum atomic E-state index is 12.9. The standard InChI is InChI=1S/C23H31FO6/c24-16-5-8-18(9-6-16)29-14-17(25)7-11-19-20-10-4-15(2-1-3-23(27)28)13-30-22(20)12-21(19)26/h5-9,11,15,17,19-22,25-26H,1-4,10,12-14H2,(H,27,28)/b11-7+/t15-,17+,19+,20+,21+,22-/m0/s1. The number of carboxylic acid groups (broad SMARTS) is 1. The third-order valence-electron chi connectivity index (χ3n) is 6.14. The maximum absolute atomic E-state index is 12.9. The number of aliphatic hydroxyl groups is 2. The van der Waals surface area contributed by atoms with Crippen molar-refractivity contribution in [3.63, 3.8) is 0 Å². The van der Waals surface area contributed by atoms with Gasteiger partial charge in [-0.1, -0.05) is 12.2 Å². The molecule has 3 N–H and O–H groups in total. The fourth-order valence-electron chi connectivity index (χ4n) is 4.51. The van der Waals surface area contributed by atoms with Gasteiger partial charge in [0.15, 0.2) is 0 Å². The summed E-state index contributed by atoms with van der Waals surface area (Å²) in [5.74, 6) is -0.180. The molecule has 1 aliphatic carbocycles. The Balaban J connectivity index is 1.48. The van der Waals surface area contributed by atoms with E-state index in [1.165, 1.54) is 24.3 Å². The van der Waals surface area contributed by atoms with Gasteiger partial charge in [0.25, 0.3) is 0 Å². The molecule has 7 heteroatoms. The van der Waals surface area contributed by atoms with Crippen LogP contribution in [0.4, 0.5) is 4.39 Å². The van der Waals surface area contributed by atoms with Crippen LogP contribution in [0.25, 0.3) is 0 Å². The van der Waals surface area contributed by atoms with Crippen LogP contribution in [0.3, 0.4) is 0 Å². The third-order valence-corrected chi connectivity index (χ3v) is 6.14. The molecule has 0 amide bonds. The first-order valence-electron chi connectivity index (χ1n) is 10.7. The Hall–Kier alpha value is -1.96. The Labute approximate surface area is 176 Å². The molecular weight excluding hydrogens is 391 g/mol. The fourth-order valence-corrected chi connectivity index (χ4v) is 4.51. The Morgan fingerprint density at radius 1 is 1.30 bits per heavy atom. The van der Waals surface area contributed by atoms with Gasteiger partial charge in [-0.3, -0.25) is 4.79 Å². The van der Waals surface area contributed by atoms with E-state index in [0.717, 1.165) is 19.3 Å². The number of ether oxygens (including phenoxy) is 2. The number of carboxylic acids is 1. The number of benzene rings is 1. The summed E-state index contributed by atoms with van der Waals surface area (Å²) < 4.78 is 24.4. The predicted octanol–water partition coefficient (Wildman–Crippen LogP) is 3.17. The normalized spacial score (nSPS) is 30.0. The third kappa shape index (κ3) is 6.52. The molecule has 30 heavy (non-hydrogen) atoms. The van der Waals surface area contributed by atoms with E-state index in [9.17, 15) is 19.4 Å². The molecule has 0 spiro atoms. The first-order valence-corrected chi connectivity index (χ1v) is 10.7. The first kappa shape index (κ1) is 22.7. The smallest absolute Gasteiger partial charge is 0.303 e. The minimum Gasteiger partial charge on any atom is -0.491 e. The molecule has 0 unspecified atom stereocenters. The topological polar surface area (TPSA) is 96.2 Å². The van der Waals surface area contributed by atoms with Gasteiger partial charge in [0.05, 0.1) is 12.2 Å². The van der Waals surface area contributed by atoms with Gasteiger partial charge >= 0.3 is 5.97 Å². The van der Waals surface area contributed by atoms with Crippen LogP contribution < -0.4 is 4.74 Å². The predicted molar refractivity (Wildman–Crippen MR) is 109 cm³/mol. The summed E-state index contributed by atoms with van der Waals surface area (Å²) in [7, 11) is 0. The van der Waals surface area contributed by atoms with Crippen molar-refractivity contribution >= 4 is 5.97 Å². The summed E-state index contributed by atoms with van der Waals surface area (Å²) in [6, 6.07) is 5.61. The zero-order valence-electron chi connectivity index (χ0n) is 17.0. The summed E-state index contributed by atoms with van der Waals surface area (Å²) in [4.78, 5) is 10.7. The van der Waals surface area contributed by atoms with E-state index in [2.05, 4.69) is 0 Å². The van der Waals surface area contributed by atoms with Crippen LogP contribution in [0.15, 0.2) is 36.4 Å². The van der Waals surface area contributed by atoms with Gasteiger partial charge in [-0.05, 0) is 61.8 Å². The van der Waals surface area contributed by atoms with Crippen LogP contribution in [-0.2, 0) is 9.53 Å². The molecule has 1 aromatic carbocycles. The van der Waals surface area contributed by atoms with Gasteiger partial charge in [-0.25, -0.2) is 4.39 Å². The molecule has 0 radical (unpaired) electrons. The Morgan fingerprint density at radius 3 is 2.80 bits per heavy atom. The van der Waals surface area contributed by atoms with Crippen molar-refractivity contribution < 1.29 is 34.0 Å². The van der Waals surface area contributed by atoms with Crippen LogP contribution in [0.1, 0.15) is 38.5 Å². The zero-order valence-corrected chi connectivity index (χ0v) is 17.0. The van der Waals surface area contributed by atoms with Crippen LogP contribution in [0.5, 0.6) is 5.75 Å². The molecule has 1 aromatic rings. The Kier molecular flexibility index (Phi) is 8.24. The Bertz CT molecular complexity index is 706. The largest absolute Gasteiger partial charge is 0.491 e. The van der Waals surface area contributed by atoms with Gasteiger partial charge in [0, 0.05) is 25.4 Å². The highest BCUT2D eigenvalue weighted by molar-refractivity contribution is 5.66. The van der Waals surface area contributed by atoms with Gasteiger partial charge < -0.3 is 24.8 Å². The van der Waals surface area contributed by atoms with Gasteiger partial charge in [0.1, 0.15) is 24.3 Å². The van der Waals surface area contributed by atoms with Crippen LogP contribution in [0.2, 0.25) is 0 Å². The molecule has 1 heterocycles. The summed E-state index contributed by atoms with van der Waals surface area (Å²) in [5, 5.41) is 29.5. The van der Waals surface area contributed by atoms with Crippen molar-refractivity contribution in [1.29, 1.82) is 0 Å². The van der Waals surface area contributed by atoms with Crippen LogP contribution >= 0.6 is 0 Å². The maximum Gasteiger partial charge on any atom is 0.303 e. The number of carbonyl (C=O) groups is 1. The SMILES string of the molecule is O=C(O)CCC[C@H]1CC[C@@H]2[C@@H](/C=C/[C@@H](O)COc3ccc(F)cc3)[C@H](O)C[C@@H]2OC1. The van der Waals surface area contributed by atoms with Crippen LogP contribution in [0, 0.1) is 23.6 Å². The van der Waals surface area contributed by atoms with Crippen molar-refractivity contribution in [1.82, 2.24) is 0 Å².